The van der Waals surface area contributed by atoms with E-state index in [9.17, 15) is 4.79 Å². The maximum absolute atomic E-state index is 11.6. The van der Waals surface area contributed by atoms with Gasteiger partial charge in [-0.05, 0) is 30.7 Å². The summed E-state index contributed by atoms with van der Waals surface area (Å²) in [5.41, 5.74) is 4.28. The summed E-state index contributed by atoms with van der Waals surface area (Å²) in [7, 11) is 3.66. The van der Waals surface area contributed by atoms with Crippen molar-refractivity contribution in [1.82, 2.24) is 5.43 Å². The van der Waals surface area contributed by atoms with Crippen LogP contribution in [0.15, 0.2) is 30.3 Å². The zero-order valence-electron chi connectivity index (χ0n) is 12.3. The molecule has 2 rings (SSSR count). The lowest BCUT2D eigenvalue weighted by atomic mass is 10.2. The van der Waals surface area contributed by atoms with Crippen molar-refractivity contribution in [3.05, 3.63) is 45.6 Å². The van der Waals surface area contributed by atoms with Crippen LogP contribution in [0.5, 0.6) is 5.75 Å². The Kier molecular flexibility index (Phi) is 4.82. The molecular formula is C15H19N3O2S. The molecule has 0 radical (unpaired) electrons. The van der Waals surface area contributed by atoms with E-state index in [1.54, 1.807) is 7.11 Å². The highest BCUT2D eigenvalue weighted by molar-refractivity contribution is 7.14. The SMILES string of the molecule is COc1ccccc1N(C)Cc1cc(C(=O)NN)sc1C. The van der Waals surface area contributed by atoms with E-state index in [1.165, 1.54) is 11.3 Å². The van der Waals surface area contributed by atoms with Crippen LogP contribution in [0.4, 0.5) is 5.69 Å². The summed E-state index contributed by atoms with van der Waals surface area (Å²) >= 11 is 1.44. The summed E-state index contributed by atoms with van der Waals surface area (Å²) in [6.45, 7) is 2.70. The van der Waals surface area contributed by atoms with Crippen LogP contribution in [0.2, 0.25) is 0 Å². The Labute approximate surface area is 128 Å². The second kappa shape index (κ2) is 6.60. The van der Waals surface area contributed by atoms with E-state index in [1.807, 2.05) is 44.3 Å². The van der Waals surface area contributed by atoms with Crippen molar-refractivity contribution >= 4 is 22.9 Å². The molecule has 21 heavy (non-hydrogen) atoms. The van der Waals surface area contributed by atoms with Gasteiger partial charge in [0.1, 0.15) is 5.75 Å². The van der Waals surface area contributed by atoms with Crippen molar-refractivity contribution in [3.63, 3.8) is 0 Å². The molecule has 1 amide bonds. The molecule has 0 spiro atoms. The van der Waals surface area contributed by atoms with Crippen molar-refractivity contribution in [3.8, 4) is 5.75 Å². The number of hydrogen-bond acceptors (Lipinski definition) is 5. The number of amides is 1. The molecule has 1 heterocycles. The summed E-state index contributed by atoms with van der Waals surface area (Å²) in [4.78, 5) is 15.4. The zero-order chi connectivity index (χ0) is 15.4. The molecule has 0 atom stereocenters. The number of thiophene rings is 1. The third-order valence-electron chi connectivity index (χ3n) is 3.28. The smallest absolute Gasteiger partial charge is 0.275 e. The minimum absolute atomic E-state index is 0.255. The first-order valence-corrected chi connectivity index (χ1v) is 7.33. The predicted octanol–water partition coefficient (Wildman–Crippen LogP) is 2.31. The first-order valence-electron chi connectivity index (χ1n) is 6.51. The lowest BCUT2D eigenvalue weighted by Crippen LogP contribution is -2.29. The Bertz CT molecular complexity index is 640. The summed E-state index contributed by atoms with van der Waals surface area (Å²) in [5.74, 6) is 5.75. The van der Waals surface area contributed by atoms with Gasteiger partial charge in [-0.2, -0.15) is 0 Å². The molecule has 0 saturated heterocycles. The van der Waals surface area contributed by atoms with Crippen LogP contribution in [-0.4, -0.2) is 20.1 Å². The number of para-hydroxylation sites is 2. The lowest BCUT2D eigenvalue weighted by Gasteiger charge is -2.21. The Hall–Kier alpha value is -2.05. The number of nitrogens with zero attached hydrogens (tertiary/aromatic N) is 1. The third-order valence-corrected chi connectivity index (χ3v) is 4.37. The number of hydrazine groups is 1. The van der Waals surface area contributed by atoms with E-state index in [4.69, 9.17) is 10.6 Å². The summed E-state index contributed by atoms with van der Waals surface area (Å²) in [6.07, 6.45) is 0. The van der Waals surface area contributed by atoms with Gasteiger partial charge >= 0.3 is 0 Å². The van der Waals surface area contributed by atoms with Gasteiger partial charge in [0.15, 0.2) is 0 Å². The molecule has 0 aliphatic heterocycles. The van der Waals surface area contributed by atoms with Crippen LogP contribution < -0.4 is 20.9 Å². The Morgan fingerprint density at radius 3 is 2.81 bits per heavy atom. The maximum Gasteiger partial charge on any atom is 0.275 e. The fraction of sp³-hybridized carbons (Fsp3) is 0.267. The van der Waals surface area contributed by atoms with E-state index in [2.05, 4.69) is 10.3 Å². The number of rotatable bonds is 5. The van der Waals surface area contributed by atoms with Crippen LogP contribution >= 0.6 is 11.3 Å². The van der Waals surface area contributed by atoms with Gasteiger partial charge < -0.3 is 9.64 Å². The Balaban J connectivity index is 2.21. The van der Waals surface area contributed by atoms with Crippen molar-refractivity contribution < 1.29 is 9.53 Å². The third kappa shape index (κ3) is 3.34. The monoisotopic (exact) mass is 305 g/mol. The topological polar surface area (TPSA) is 67.6 Å². The second-order valence-corrected chi connectivity index (χ2v) is 5.95. The lowest BCUT2D eigenvalue weighted by molar-refractivity contribution is 0.0957. The van der Waals surface area contributed by atoms with Crippen molar-refractivity contribution in [2.45, 2.75) is 13.5 Å². The number of nitrogen functional groups attached to an aromatic ring is 1. The molecule has 0 aliphatic rings. The second-order valence-electron chi connectivity index (χ2n) is 4.69. The van der Waals surface area contributed by atoms with E-state index in [0.29, 0.717) is 11.4 Å². The molecular weight excluding hydrogens is 286 g/mol. The summed E-state index contributed by atoms with van der Waals surface area (Å²) < 4.78 is 5.38. The van der Waals surface area contributed by atoms with Crippen LogP contribution in [-0.2, 0) is 6.54 Å². The van der Waals surface area contributed by atoms with E-state index in [-0.39, 0.29) is 5.91 Å². The van der Waals surface area contributed by atoms with Gasteiger partial charge in [-0.1, -0.05) is 12.1 Å². The number of nitrogens with one attached hydrogen (secondary N) is 1. The van der Waals surface area contributed by atoms with Crippen LogP contribution in [0.1, 0.15) is 20.1 Å². The number of hydrogen-bond donors (Lipinski definition) is 2. The number of benzene rings is 1. The minimum Gasteiger partial charge on any atom is -0.495 e. The van der Waals surface area contributed by atoms with Gasteiger partial charge in [-0.25, -0.2) is 5.84 Å². The highest BCUT2D eigenvalue weighted by Gasteiger charge is 2.14. The quantitative estimate of drug-likeness (QED) is 0.505. The maximum atomic E-state index is 11.6. The first-order chi connectivity index (χ1) is 10.1. The van der Waals surface area contributed by atoms with Gasteiger partial charge in [-0.3, -0.25) is 10.2 Å². The molecule has 0 aliphatic carbocycles. The Morgan fingerprint density at radius 1 is 1.43 bits per heavy atom. The molecule has 112 valence electrons. The molecule has 5 nitrogen and oxygen atoms in total. The largest absolute Gasteiger partial charge is 0.495 e. The van der Waals surface area contributed by atoms with Crippen LogP contribution in [0, 0.1) is 6.92 Å². The number of carbonyl (C=O) groups is 1. The normalized spacial score (nSPS) is 10.3. The number of methoxy groups -OCH3 is 1. The van der Waals surface area contributed by atoms with E-state index < -0.39 is 0 Å². The average Bonchev–Trinajstić information content (AvgIpc) is 2.87. The zero-order valence-corrected chi connectivity index (χ0v) is 13.2. The molecule has 2 aromatic rings. The fourth-order valence-corrected chi connectivity index (χ4v) is 3.08. The average molecular weight is 305 g/mol. The summed E-state index contributed by atoms with van der Waals surface area (Å²) in [6, 6.07) is 9.74. The minimum atomic E-state index is -0.255. The van der Waals surface area contributed by atoms with Gasteiger partial charge in [0.05, 0.1) is 17.7 Å². The standard InChI is InChI=1S/C15H19N3O2S/c1-10-11(8-14(21-10)15(19)17-16)9-18(2)12-6-4-5-7-13(12)20-3/h4-8H,9,16H2,1-3H3,(H,17,19). The fourth-order valence-electron chi connectivity index (χ4n) is 2.15. The highest BCUT2D eigenvalue weighted by atomic mass is 32.1. The molecule has 6 heteroatoms. The molecule has 1 aromatic heterocycles. The van der Waals surface area contributed by atoms with Crippen LogP contribution in [0.3, 0.4) is 0 Å². The first kappa shape index (κ1) is 15.3. The van der Waals surface area contributed by atoms with Gasteiger partial charge in [-0.15, -0.1) is 11.3 Å². The van der Waals surface area contributed by atoms with E-state index >= 15 is 0 Å². The van der Waals surface area contributed by atoms with Gasteiger partial charge in [0.2, 0.25) is 0 Å². The molecule has 3 N–H and O–H groups in total. The molecule has 0 saturated carbocycles. The number of anilines is 1. The van der Waals surface area contributed by atoms with Crippen molar-refractivity contribution in [1.29, 1.82) is 0 Å². The molecule has 0 unspecified atom stereocenters. The number of carbonyl (C=O) groups excluding carboxylic acids is 1. The number of ether oxygens (including phenoxy) is 1. The van der Waals surface area contributed by atoms with E-state index in [0.717, 1.165) is 21.9 Å². The Morgan fingerprint density at radius 2 is 2.14 bits per heavy atom. The van der Waals surface area contributed by atoms with Crippen LogP contribution in [0.25, 0.3) is 0 Å². The molecule has 0 bridgehead atoms. The summed E-state index contributed by atoms with van der Waals surface area (Å²) in [5, 5.41) is 0. The predicted molar refractivity (Wildman–Crippen MR) is 85.8 cm³/mol. The van der Waals surface area contributed by atoms with Gasteiger partial charge in [0, 0.05) is 18.5 Å². The van der Waals surface area contributed by atoms with Crippen molar-refractivity contribution in [2.75, 3.05) is 19.1 Å². The van der Waals surface area contributed by atoms with Crippen molar-refractivity contribution in [2.24, 2.45) is 5.84 Å². The van der Waals surface area contributed by atoms with Gasteiger partial charge in [0.25, 0.3) is 5.91 Å². The number of nitrogens with two attached hydrogens (primary N) is 1. The number of aryl methyl sites for hydroxylation is 1. The molecule has 0 fully saturated rings. The highest BCUT2D eigenvalue weighted by Crippen LogP contribution is 2.29. The molecule has 1 aromatic carbocycles.